The number of ketones is 1. The second-order valence-electron chi connectivity index (χ2n) is 8.19. The van der Waals surface area contributed by atoms with E-state index in [1.54, 1.807) is 32.4 Å². The van der Waals surface area contributed by atoms with Crippen LogP contribution in [0.2, 0.25) is 0 Å². The summed E-state index contributed by atoms with van der Waals surface area (Å²) in [6, 6.07) is 21.7. The SMILES string of the molecule is COc1ccc(CN2C(=O)C(=O)/C(=C(\O)c3ccc4ccccc4c3)C2c2cccs2)cc1OC. The Morgan fingerprint density at radius 3 is 2.40 bits per heavy atom. The molecule has 0 radical (unpaired) electrons. The molecule has 1 atom stereocenters. The van der Waals surface area contributed by atoms with Gasteiger partial charge in [-0.3, -0.25) is 9.59 Å². The molecule has 1 N–H and O–H groups in total. The maximum Gasteiger partial charge on any atom is 0.295 e. The molecule has 2 heterocycles. The summed E-state index contributed by atoms with van der Waals surface area (Å²) in [5, 5.41) is 15.2. The molecular formula is C28H23NO5S. The predicted molar refractivity (Wildman–Crippen MR) is 136 cm³/mol. The second kappa shape index (κ2) is 9.27. The van der Waals surface area contributed by atoms with Crippen molar-refractivity contribution in [3.8, 4) is 11.5 Å². The number of carbonyl (C=O) groups excluding carboxylic acids is 2. The molecule has 1 saturated heterocycles. The zero-order valence-corrected chi connectivity index (χ0v) is 20.0. The highest BCUT2D eigenvalue weighted by molar-refractivity contribution is 7.10. The van der Waals surface area contributed by atoms with Crippen LogP contribution in [-0.2, 0) is 16.1 Å². The Balaban J connectivity index is 1.60. The van der Waals surface area contributed by atoms with Crippen LogP contribution >= 0.6 is 11.3 Å². The van der Waals surface area contributed by atoms with Crippen molar-refractivity contribution >= 4 is 39.6 Å². The van der Waals surface area contributed by atoms with Crippen molar-refractivity contribution in [3.63, 3.8) is 0 Å². The van der Waals surface area contributed by atoms with Crippen LogP contribution in [0.15, 0.2) is 83.7 Å². The lowest BCUT2D eigenvalue weighted by Crippen LogP contribution is -2.28. The van der Waals surface area contributed by atoms with E-state index in [0.717, 1.165) is 21.2 Å². The zero-order valence-electron chi connectivity index (χ0n) is 19.2. The number of hydrogen-bond acceptors (Lipinski definition) is 6. The Kier molecular flexibility index (Phi) is 6.01. The number of fused-ring (bicyclic) bond motifs is 1. The smallest absolute Gasteiger partial charge is 0.295 e. The van der Waals surface area contributed by atoms with Crippen molar-refractivity contribution in [1.29, 1.82) is 0 Å². The van der Waals surface area contributed by atoms with Crippen LogP contribution in [0, 0.1) is 0 Å². The van der Waals surface area contributed by atoms with Gasteiger partial charge in [0.2, 0.25) is 0 Å². The van der Waals surface area contributed by atoms with Crippen LogP contribution in [0.5, 0.6) is 11.5 Å². The topological polar surface area (TPSA) is 76.1 Å². The van der Waals surface area contributed by atoms with Crippen LogP contribution in [0.3, 0.4) is 0 Å². The zero-order chi connectivity index (χ0) is 24.5. The van der Waals surface area contributed by atoms with Gasteiger partial charge in [-0.05, 0) is 46.0 Å². The monoisotopic (exact) mass is 485 g/mol. The van der Waals surface area contributed by atoms with Gasteiger partial charge in [0.15, 0.2) is 11.5 Å². The van der Waals surface area contributed by atoms with Crippen LogP contribution in [0.1, 0.15) is 22.0 Å². The van der Waals surface area contributed by atoms with E-state index in [1.165, 1.54) is 16.2 Å². The number of aliphatic hydroxyl groups excluding tert-OH is 1. The summed E-state index contributed by atoms with van der Waals surface area (Å²) in [6.07, 6.45) is 0. The molecule has 35 heavy (non-hydrogen) atoms. The van der Waals surface area contributed by atoms with Crippen LogP contribution in [0.25, 0.3) is 16.5 Å². The van der Waals surface area contributed by atoms with Crippen molar-refractivity contribution in [2.75, 3.05) is 14.2 Å². The molecule has 0 aliphatic carbocycles. The van der Waals surface area contributed by atoms with Gasteiger partial charge in [0, 0.05) is 17.0 Å². The van der Waals surface area contributed by atoms with Crippen molar-refractivity contribution in [1.82, 2.24) is 4.90 Å². The highest BCUT2D eigenvalue weighted by atomic mass is 32.1. The number of hydrogen-bond donors (Lipinski definition) is 1. The minimum atomic E-state index is -0.700. The highest BCUT2D eigenvalue weighted by Crippen LogP contribution is 2.42. The third kappa shape index (κ3) is 4.04. The minimum absolute atomic E-state index is 0.0909. The third-order valence-electron chi connectivity index (χ3n) is 6.18. The molecular weight excluding hydrogens is 462 g/mol. The number of ether oxygens (including phenoxy) is 2. The molecule has 1 fully saturated rings. The first-order valence-corrected chi connectivity index (χ1v) is 11.9. The van der Waals surface area contributed by atoms with Crippen molar-refractivity contribution in [2.45, 2.75) is 12.6 Å². The van der Waals surface area contributed by atoms with E-state index in [0.29, 0.717) is 17.1 Å². The van der Waals surface area contributed by atoms with E-state index < -0.39 is 17.7 Å². The van der Waals surface area contributed by atoms with E-state index in [2.05, 4.69) is 0 Å². The fourth-order valence-electron chi connectivity index (χ4n) is 4.45. The number of aliphatic hydroxyl groups is 1. The molecule has 6 nitrogen and oxygen atoms in total. The Morgan fingerprint density at radius 1 is 0.914 bits per heavy atom. The number of benzene rings is 3. The number of likely N-dealkylation sites (tertiary alicyclic amines) is 1. The molecule has 0 spiro atoms. The lowest BCUT2D eigenvalue weighted by atomic mass is 9.98. The molecule has 4 aromatic rings. The van der Waals surface area contributed by atoms with Gasteiger partial charge in [0.1, 0.15) is 5.76 Å². The van der Waals surface area contributed by atoms with Gasteiger partial charge >= 0.3 is 0 Å². The summed E-state index contributed by atoms with van der Waals surface area (Å²) in [5.41, 5.74) is 1.36. The van der Waals surface area contributed by atoms with Crippen LogP contribution < -0.4 is 9.47 Å². The Labute approximate surface area is 206 Å². The van der Waals surface area contributed by atoms with E-state index >= 15 is 0 Å². The number of methoxy groups -OCH3 is 2. The fraction of sp³-hybridized carbons (Fsp3) is 0.143. The number of nitrogens with zero attached hydrogens (tertiary/aromatic N) is 1. The van der Waals surface area contributed by atoms with Gasteiger partial charge < -0.3 is 19.5 Å². The molecule has 3 aromatic carbocycles. The molecule has 5 rings (SSSR count). The summed E-state index contributed by atoms with van der Waals surface area (Å²) in [6.45, 7) is 0.169. The summed E-state index contributed by atoms with van der Waals surface area (Å²) < 4.78 is 10.7. The minimum Gasteiger partial charge on any atom is -0.507 e. The Bertz CT molecular complexity index is 1460. The predicted octanol–water partition coefficient (Wildman–Crippen LogP) is 5.54. The summed E-state index contributed by atoms with van der Waals surface area (Å²) in [5.74, 6) is -0.424. The van der Waals surface area contributed by atoms with Crippen LogP contribution in [-0.4, -0.2) is 35.9 Å². The first-order chi connectivity index (χ1) is 17.0. The van der Waals surface area contributed by atoms with Crippen molar-refractivity contribution in [2.24, 2.45) is 0 Å². The van der Waals surface area contributed by atoms with Gasteiger partial charge in [-0.15, -0.1) is 11.3 Å². The standard InChI is InChI=1S/C28H23NO5S/c1-33-21-12-9-17(14-22(21)34-2)16-29-25(23-8-5-13-35-23)24(27(31)28(29)32)26(30)20-11-10-18-6-3-4-7-19(18)15-20/h3-15,25,30H,16H2,1-2H3/b26-24-. The molecule has 0 bridgehead atoms. The molecule has 176 valence electrons. The number of Topliss-reactive ketones (excluding diaryl/α,β-unsaturated/α-hetero) is 1. The average Bonchev–Trinajstić information content (AvgIpc) is 3.50. The Hall–Kier alpha value is -4.10. The highest BCUT2D eigenvalue weighted by Gasteiger charge is 2.46. The van der Waals surface area contributed by atoms with E-state index in [9.17, 15) is 14.7 Å². The summed E-state index contributed by atoms with van der Waals surface area (Å²) in [4.78, 5) is 28.8. The summed E-state index contributed by atoms with van der Waals surface area (Å²) >= 11 is 1.44. The third-order valence-corrected chi connectivity index (χ3v) is 7.10. The molecule has 0 saturated carbocycles. The number of rotatable bonds is 6. The maximum atomic E-state index is 13.3. The molecule has 1 aliphatic rings. The molecule has 1 amide bonds. The van der Waals surface area contributed by atoms with Crippen molar-refractivity contribution < 1.29 is 24.2 Å². The lowest BCUT2D eigenvalue weighted by Gasteiger charge is -2.24. The van der Waals surface area contributed by atoms with Gasteiger partial charge in [0.25, 0.3) is 11.7 Å². The number of carbonyl (C=O) groups is 2. The number of thiophene rings is 1. The van der Waals surface area contributed by atoms with Gasteiger partial charge in [-0.25, -0.2) is 0 Å². The maximum absolute atomic E-state index is 13.3. The largest absolute Gasteiger partial charge is 0.507 e. The average molecular weight is 486 g/mol. The Morgan fingerprint density at radius 2 is 1.69 bits per heavy atom. The number of amides is 1. The van der Waals surface area contributed by atoms with E-state index in [4.69, 9.17) is 9.47 Å². The van der Waals surface area contributed by atoms with Crippen molar-refractivity contribution in [3.05, 3.63) is 99.8 Å². The molecule has 1 aliphatic heterocycles. The van der Waals surface area contributed by atoms with E-state index in [1.807, 2.05) is 60.0 Å². The summed E-state index contributed by atoms with van der Waals surface area (Å²) in [7, 11) is 3.10. The first kappa shape index (κ1) is 22.7. The lowest BCUT2D eigenvalue weighted by molar-refractivity contribution is -0.140. The molecule has 7 heteroatoms. The van der Waals surface area contributed by atoms with E-state index in [-0.39, 0.29) is 17.9 Å². The van der Waals surface area contributed by atoms with Crippen LogP contribution in [0.4, 0.5) is 0 Å². The first-order valence-electron chi connectivity index (χ1n) is 11.0. The molecule has 1 unspecified atom stereocenters. The second-order valence-corrected chi connectivity index (χ2v) is 9.17. The fourth-order valence-corrected chi connectivity index (χ4v) is 5.30. The quantitative estimate of drug-likeness (QED) is 0.220. The van der Waals surface area contributed by atoms with Gasteiger partial charge in [-0.2, -0.15) is 0 Å². The molecule has 1 aromatic heterocycles. The van der Waals surface area contributed by atoms with Gasteiger partial charge in [-0.1, -0.05) is 48.5 Å². The van der Waals surface area contributed by atoms with Gasteiger partial charge in [0.05, 0.1) is 25.8 Å². The normalized spacial score (nSPS) is 17.2.